The minimum absolute atomic E-state index is 0.0290. The van der Waals surface area contributed by atoms with Crippen LogP contribution in [0.4, 0.5) is 0 Å². The predicted octanol–water partition coefficient (Wildman–Crippen LogP) is 3.83. The largest absolute Gasteiger partial charge is 0.380 e. The van der Waals surface area contributed by atoms with Gasteiger partial charge in [0.25, 0.3) is 0 Å². The van der Waals surface area contributed by atoms with E-state index in [4.69, 9.17) is 4.74 Å². The van der Waals surface area contributed by atoms with Gasteiger partial charge in [-0.15, -0.1) is 10.2 Å². The van der Waals surface area contributed by atoms with E-state index < -0.39 is 0 Å². The van der Waals surface area contributed by atoms with Crippen molar-refractivity contribution < 1.29 is 9.53 Å². The Kier molecular flexibility index (Phi) is 7.43. The lowest BCUT2D eigenvalue weighted by Crippen LogP contribution is -2.24. The standard InChI is InChI=1S/C22H26N4O2S/c1-4-26-21(19-7-5-6-16(2)12-19)24-25-22(26)29-15-20(27)23-13-17-8-10-18(11-9-17)14-28-3/h5-12H,4,13-15H2,1-3H3,(H,23,27). The summed E-state index contributed by atoms with van der Waals surface area (Å²) in [5.41, 5.74) is 4.38. The van der Waals surface area contributed by atoms with Gasteiger partial charge in [-0.1, -0.05) is 59.8 Å². The number of ether oxygens (including phenoxy) is 1. The molecule has 1 N–H and O–H groups in total. The molecule has 0 aliphatic carbocycles. The van der Waals surface area contributed by atoms with E-state index in [9.17, 15) is 4.79 Å². The number of hydrogen-bond acceptors (Lipinski definition) is 5. The van der Waals surface area contributed by atoms with Crippen LogP contribution in [-0.4, -0.2) is 33.5 Å². The van der Waals surface area contributed by atoms with Crippen molar-refractivity contribution in [2.45, 2.75) is 38.7 Å². The van der Waals surface area contributed by atoms with E-state index in [0.717, 1.165) is 34.2 Å². The van der Waals surface area contributed by atoms with Crippen LogP contribution in [0, 0.1) is 6.92 Å². The molecule has 3 aromatic rings. The number of thioether (sulfide) groups is 1. The van der Waals surface area contributed by atoms with Gasteiger partial charge in [-0.25, -0.2) is 0 Å². The molecule has 1 aromatic heterocycles. The average Bonchev–Trinajstić information content (AvgIpc) is 3.15. The highest BCUT2D eigenvalue weighted by Gasteiger charge is 2.14. The van der Waals surface area contributed by atoms with Gasteiger partial charge in [0.2, 0.25) is 5.91 Å². The number of carbonyl (C=O) groups excluding carboxylic acids is 1. The fourth-order valence-electron chi connectivity index (χ4n) is 2.98. The summed E-state index contributed by atoms with van der Waals surface area (Å²) >= 11 is 1.40. The second kappa shape index (κ2) is 10.2. The first-order valence-electron chi connectivity index (χ1n) is 9.57. The van der Waals surface area contributed by atoms with Crippen molar-refractivity contribution in [3.8, 4) is 11.4 Å². The maximum absolute atomic E-state index is 12.3. The summed E-state index contributed by atoms with van der Waals surface area (Å²) < 4.78 is 7.15. The van der Waals surface area contributed by atoms with Crippen LogP contribution in [0.15, 0.2) is 53.7 Å². The Morgan fingerprint density at radius 1 is 1.14 bits per heavy atom. The molecule has 0 spiro atoms. The number of nitrogens with one attached hydrogen (secondary N) is 1. The van der Waals surface area contributed by atoms with E-state index in [0.29, 0.717) is 18.9 Å². The summed E-state index contributed by atoms with van der Waals surface area (Å²) in [6.07, 6.45) is 0. The second-order valence-corrected chi connectivity index (χ2v) is 7.68. The number of methoxy groups -OCH3 is 1. The summed E-state index contributed by atoms with van der Waals surface area (Å²) in [6.45, 7) is 5.95. The van der Waals surface area contributed by atoms with E-state index >= 15 is 0 Å². The van der Waals surface area contributed by atoms with Gasteiger partial charge in [-0.3, -0.25) is 4.79 Å². The number of carbonyl (C=O) groups is 1. The Balaban J connectivity index is 1.56. The van der Waals surface area contributed by atoms with E-state index in [1.54, 1.807) is 7.11 Å². The van der Waals surface area contributed by atoms with Gasteiger partial charge >= 0.3 is 0 Å². The molecule has 7 heteroatoms. The van der Waals surface area contributed by atoms with Crippen LogP contribution in [0.1, 0.15) is 23.6 Å². The SMILES string of the molecule is CCn1c(SCC(=O)NCc2ccc(COC)cc2)nnc1-c1cccc(C)c1. The van der Waals surface area contributed by atoms with Crippen molar-refractivity contribution in [2.24, 2.45) is 0 Å². The van der Waals surface area contributed by atoms with Crippen LogP contribution in [0.3, 0.4) is 0 Å². The third-order valence-corrected chi connectivity index (χ3v) is 5.43. The van der Waals surface area contributed by atoms with E-state index in [2.05, 4.69) is 41.5 Å². The van der Waals surface area contributed by atoms with Crippen molar-refractivity contribution in [3.05, 3.63) is 65.2 Å². The maximum Gasteiger partial charge on any atom is 0.230 e. The van der Waals surface area contributed by atoms with Crippen molar-refractivity contribution in [1.82, 2.24) is 20.1 Å². The Labute approximate surface area is 175 Å². The van der Waals surface area contributed by atoms with Gasteiger partial charge in [0, 0.05) is 25.8 Å². The molecular weight excluding hydrogens is 384 g/mol. The Hall–Kier alpha value is -2.64. The van der Waals surface area contributed by atoms with Gasteiger partial charge in [0.1, 0.15) is 0 Å². The first-order valence-corrected chi connectivity index (χ1v) is 10.6. The van der Waals surface area contributed by atoms with Crippen LogP contribution in [-0.2, 0) is 29.2 Å². The highest BCUT2D eigenvalue weighted by atomic mass is 32.2. The second-order valence-electron chi connectivity index (χ2n) is 6.73. The summed E-state index contributed by atoms with van der Waals surface area (Å²) in [4.78, 5) is 12.3. The lowest BCUT2D eigenvalue weighted by atomic mass is 10.1. The predicted molar refractivity (Wildman–Crippen MR) is 116 cm³/mol. The molecule has 3 rings (SSSR count). The number of aryl methyl sites for hydroxylation is 1. The van der Waals surface area contributed by atoms with E-state index in [-0.39, 0.29) is 5.91 Å². The third-order valence-electron chi connectivity index (χ3n) is 4.47. The van der Waals surface area contributed by atoms with Crippen molar-refractivity contribution in [1.29, 1.82) is 0 Å². The van der Waals surface area contributed by atoms with Gasteiger partial charge in [-0.05, 0) is 31.0 Å². The number of rotatable bonds is 9. The third kappa shape index (κ3) is 5.68. The molecule has 0 saturated carbocycles. The zero-order valence-corrected chi connectivity index (χ0v) is 17.8. The molecule has 0 aliphatic rings. The van der Waals surface area contributed by atoms with Crippen LogP contribution in [0.2, 0.25) is 0 Å². The molecular formula is C22H26N4O2S. The highest BCUT2D eigenvalue weighted by Crippen LogP contribution is 2.24. The zero-order valence-electron chi connectivity index (χ0n) is 17.0. The number of benzene rings is 2. The molecule has 2 aromatic carbocycles. The van der Waals surface area contributed by atoms with Crippen molar-refractivity contribution >= 4 is 17.7 Å². The molecule has 0 bridgehead atoms. The fraction of sp³-hybridized carbons (Fsp3) is 0.318. The first kappa shape index (κ1) is 21.1. The molecule has 0 unspecified atom stereocenters. The molecule has 0 saturated heterocycles. The average molecular weight is 411 g/mol. The Morgan fingerprint density at radius 2 is 1.90 bits per heavy atom. The lowest BCUT2D eigenvalue weighted by molar-refractivity contribution is -0.118. The number of aromatic nitrogens is 3. The molecule has 1 amide bonds. The Morgan fingerprint density at radius 3 is 2.59 bits per heavy atom. The van der Waals surface area contributed by atoms with Gasteiger partial charge in [0.15, 0.2) is 11.0 Å². The monoisotopic (exact) mass is 410 g/mol. The van der Waals surface area contributed by atoms with Gasteiger partial charge in [-0.2, -0.15) is 0 Å². The number of amides is 1. The zero-order chi connectivity index (χ0) is 20.6. The summed E-state index contributed by atoms with van der Waals surface area (Å²) in [5.74, 6) is 1.10. The molecule has 6 nitrogen and oxygen atoms in total. The normalized spacial score (nSPS) is 10.9. The van der Waals surface area contributed by atoms with Crippen molar-refractivity contribution in [3.63, 3.8) is 0 Å². The molecule has 0 radical (unpaired) electrons. The molecule has 0 aliphatic heterocycles. The molecule has 1 heterocycles. The molecule has 152 valence electrons. The summed E-state index contributed by atoms with van der Waals surface area (Å²) in [7, 11) is 1.68. The van der Waals surface area contributed by atoms with Gasteiger partial charge in [0.05, 0.1) is 12.4 Å². The van der Waals surface area contributed by atoms with Crippen LogP contribution < -0.4 is 5.32 Å². The summed E-state index contributed by atoms with van der Waals surface area (Å²) in [6, 6.07) is 16.2. The quantitative estimate of drug-likeness (QED) is 0.543. The Bertz CT molecular complexity index is 954. The van der Waals surface area contributed by atoms with E-state index in [1.165, 1.54) is 17.3 Å². The smallest absolute Gasteiger partial charge is 0.230 e. The van der Waals surface area contributed by atoms with Crippen LogP contribution in [0.25, 0.3) is 11.4 Å². The topological polar surface area (TPSA) is 69.0 Å². The van der Waals surface area contributed by atoms with Crippen LogP contribution in [0.5, 0.6) is 0 Å². The number of nitrogens with zero attached hydrogens (tertiary/aromatic N) is 3. The first-order chi connectivity index (χ1) is 14.1. The molecule has 0 fully saturated rings. The fourth-order valence-corrected chi connectivity index (χ4v) is 3.81. The molecule has 0 atom stereocenters. The maximum atomic E-state index is 12.3. The minimum atomic E-state index is -0.0290. The van der Waals surface area contributed by atoms with Gasteiger partial charge < -0.3 is 14.6 Å². The summed E-state index contributed by atoms with van der Waals surface area (Å²) in [5, 5.41) is 12.3. The molecule has 29 heavy (non-hydrogen) atoms. The van der Waals surface area contributed by atoms with E-state index in [1.807, 2.05) is 41.0 Å². The van der Waals surface area contributed by atoms with Crippen LogP contribution >= 0.6 is 11.8 Å². The minimum Gasteiger partial charge on any atom is -0.380 e. The number of hydrogen-bond donors (Lipinski definition) is 1. The lowest BCUT2D eigenvalue weighted by Gasteiger charge is -2.08. The highest BCUT2D eigenvalue weighted by molar-refractivity contribution is 7.99. The van der Waals surface area contributed by atoms with Crippen molar-refractivity contribution in [2.75, 3.05) is 12.9 Å².